The zero-order chi connectivity index (χ0) is 17.6. The van der Waals surface area contributed by atoms with E-state index in [0.717, 1.165) is 37.6 Å². The van der Waals surface area contributed by atoms with Gasteiger partial charge >= 0.3 is 0 Å². The number of ether oxygens (including phenoxy) is 1. The summed E-state index contributed by atoms with van der Waals surface area (Å²) in [5.41, 5.74) is 2.71. The number of nitrogens with one attached hydrogen (secondary N) is 1. The summed E-state index contributed by atoms with van der Waals surface area (Å²) in [5.74, 6) is 1.91. The molecule has 1 atom stereocenters. The zero-order valence-corrected chi connectivity index (χ0v) is 15.7. The van der Waals surface area contributed by atoms with E-state index < -0.39 is 0 Å². The van der Waals surface area contributed by atoms with E-state index >= 15 is 0 Å². The fourth-order valence-corrected chi connectivity index (χ4v) is 4.24. The van der Waals surface area contributed by atoms with Gasteiger partial charge in [-0.3, -0.25) is 9.69 Å². The van der Waals surface area contributed by atoms with Crippen molar-refractivity contribution in [1.82, 2.24) is 10.2 Å². The van der Waals surface area contributed by atoms with E-state index in [9.17, 15) is 4.79 Å². The molecule has 1 aromatic carbocycles. The van der Waals surface area contributed by atoms with Crippen LogP contribution < -0.4 is 10.1 Å². The molecule has 0 aromatic heterocycles. The Balaban J connectivity index is 1.46. The Morgan fingerprint density at radius 3 is 2.80 bits per heavy atom. The molecule has 4 nitrogen and oxygen atoms in total. The van der Waals surface area contributed by atoms with Crippen molar-refractivity contribution in [2.45, 2.75) is 64.0 Å². The summed E-state index contributed by atoms with van der Waals surface area (Å²) < 4.78 is 5.35. The second-order valence-corrected chi connectivity index (χ2v) is 7.75. The average Bonchev–Trinajstić information content (AvgIpc) is 2.65. The highest BCUT2D eigenvalue weighted by molar-refractivity contribution is 5.75. The van der Waals surface area contributed by atoms with Crippen LogP contribution in [-0.4, -0.2) is 37.6 Å². The van der Waals surface area contributed by atoms with Crippen molar-refractivity contribution in [2.24, 2.45) is 5.92 Å². The van der Waals surface area contributed by atoms with Gasteiger partial charge in [-0.05, 0) is 49.1 Å². The van der Waals surface area contributed by atoms with Gasteiger partial charge in [0.05, 0.1) is 7.11 Å². The predicted octanol–water partition coefficient (Wildman–Crippen LogP) is 3.53. The van der Waals surface area contributed by atoms with Crippen LogP contribution in [-0.2, 0) is 17.8 Å². The molecule has 25 heavy (non-hydrogen) atoms. The van der Waals surface area contributed by atoms with Crippen LogP contribution in [0.1, 0.15) is 56.1 Å². The fraction of sp³-hybridized carbons (Fsp3) is 0.667. The Morgan fingerprint density at radius 1 is 1.24 bits per heavy atom. The van der Waals surface area contributed by atoms with E-state index in [4.69, 9.17) is 4.74 Å². The summed E-state index contributed by atoms with van der Waals surface area (Å²) in [7, 11) is 3.85. The lowest BCUT2D eigenvalue weighted by molar-refractivity contribution is -0.121. The largest absolute Gasteiger partial charge is 0.497 e. The Bertz CT molecular complexity index is 581. The average molecular weight is 344 g/mol. The van der Waals surface area contributed by atoms with Gasteiger partial charge < -0.3 is 10.1 Å². The lowest BCUT2D eigenvalue weighted by Gasteiger charge is -2.34. The van der Waals surface area contributed by atoms with Crippen molar-refractivity contribution >= 4 is 5.91 Å². The van der Waals surface area contributed by atoms with Gasteiger partial charge in [0.2, 0.25) is 5.91 Å². The fourth-order valence-electron chi connectivity index (χ4n) is 4.24. The third-order valence-corrected chi connectivity index (χ3v) is 5.95. The topological polar surface area (TPSA) is 41.6 Å². The van der Waals surface area contributed by atoms with E-state index in [1.165, 1.54) is 43.2 Å². The molecule has 1 heterocycles. The summed E-state index contributed by atoms with van der Waals surface area (Å²) in [6, 6.07) is 6.68. The Morgan fingerprint density at radius 2 is 2.04 bits per heavy atom. The van der Waals surface area contributed by atoms with Crippen molar-refractivity contribution in [3.8, 4) is 5.75 Å². The molecular weight excluding hydrogens is 312 g/mol. The van der Waals surface area contributed by atoms with Crippen LogP contribution >= 0.6 is 0 Å². The number of nitrogens with zero attached hydrogens (tertiary/aromatic N) is 1. The van der Waals surface area contributed by atoms with Gasteiger partial charge in [-0.25, -0.2) is 0 Å². The molecule has 1 aromatic rings. The Labute approximate surface area is 151 Å². The van der Waals surface area contributed by atoms with Gasteiger partial charge in [0, 0.05) is 25.6 Å². The number of rotatable bonds is 6. The molecule has 138 valence electrons. The normalized spacial score (nSPS) is 21.6. The van der Waals surface area contributed by atoms with Crippen LogP contribution in [0.15, 0.2) is 18.2 Å². The first-order valence-corrected chi connectivity index (χ1v) is 9.78. The molecule has 4 heteroatoms. The van der Waals surface area contributed by atoms with Gasteiger partial charge in [0.1, 0.15) is 5.75 Å². The molecule has 3 rings (SSSR count). The first kappa shape index (κ1) is 18.2. The molecule has 1 fully saturated rings. The summed E-state index contributed by atoms with van der Waals surface area (Å²) in [6.45, 7) is 1.67. The highest BCUT2D eigenvalue weighted by Crippen LogP contribution is 2.28. The Hall–Kier alpha value is -1.55. The second kappa shape index (κ2) is 8.70. The number of fused-ring (bicyclic) bond motifs is 1. The van der Waals surface area contributed by atoms with Gasteiger partial charge in [-0.1, -0.05) is 38.2 Å². The maximum atomic E-state index is 12.2. The number of hydrogen-bond donors (Lipinski definition) is 1. The molecule has 1 aliphatic heterocycles. The summed E-state index contributed by atoms with van der Waals surface area (Å²) in [5, 5.41) is 3.17. The van der Waals surface area contributed by atoms with Gasteiger partial charge in [-0.15, -0.1) is 0 Å². The third-order valence-electron chi connectivity index (χ3n) is 5.95. The number of hydrogen-bond acceptors (Lipinski definition) is 3. The molecule has 2 aliphatic rings. The quantitative estimate of drug-likeness (QED) is 0.858. The van der Waals surface area contributed by atoms with Crippen molar-refractivity contribution in [1.29, 1.82) is 0 Å². The van der Waals surface area contributed by atoms with E-state index in [1.807, 2.05) is 6.07 Å². The van der Waals surface area contributed by atoms with Crippen LogP contribution in [0.4, 0.5) is 0 Å². The highest BCUT2D eigenvalue weighted by Gasteiger charge is 2.24. The van der Waals surface area contributed by atoms with E-state index in [1.54, 1.807) is 7.11 Å². The summed E-state index contributed by atoms with van der Waals surface area (Å²) in [6.07, 6.45) is 9.42. The van der Waals surface area contributed by atoms with E-state index in [0.29, 0.717) is 12.5 Å². The molecule has 1 N–H and O–H groups in total. The Kier molecular flexibility index (Phi) is 6.35. The standard InChI is InChI=1S/C21H32N2O2/c1-23-15-17-9-10-20(25-2)13-18(17)12-19(23)14-22-21(24)11-8-16-6-4-3-5-7-16/h9-10,13,16,19H,3-8,11-12,14-15H2,1-2H3,(H,22,24)/t19-/m1/s1. The first-order chi connectivity index (χ1) is 12.2. The predicted molar refractivity (Wildman–Crippen MR) is 101 cm³/mol. The monoisotopic (exact) mass is 344 g/mol. The van der Waals surface area contributed by atoms with Crippen molar-refractivity contribution in [2.75, 3.05) is 20.7 Å². The van der Waals surface area contributed by atoms with Crippen molar-refractivity contribution in [3.63, 3.8) is 0 Å². The van der Waals surface area contributed by atoms with Crippen LogP contribution in [0.3, 0.4) is 0 Å². The minimum Gasteiger partial charge on any atom is -0.497 e. The molecule has 0 saturated heterocycles. The van der Waals surface area contributed by atoms with Crippen LogP contribution in [0, 0.1) is 5.92 Å². The maximum absolute atomic E-state index is 12.2. The molecule has 1 amide bonds. The van der Waals surface area contributed by atoms with Crippen LogP contribution in [0.2, 0.25) is 0 Å². The number of carbonyl (C=O) groups excluding carboxylic acids is 1. The summed E-state index contributed by atoms with van der Waals surface area (Å²) in [4.78, 5) is 14.6. The number of carbonyl (C=O) groups is 1. The van der Waals surface area contributed by atoms with Gasteiger partial charge in [0.15, 0.2) is 0 Å². The minimum atomic E-state index is 0.218. The SMILES string of the molecule is COc1ccc2c(c1)C[C@H](CNC(=O)CCC1CCCCC1)N(C)C2. The molecule has 0 unspecified atom stereocenters. The zero-order valence-electron chi connectivity index (χ0n) is 15.7. The molecule has 0 spiro atoms. The summed E-state index contributed by atoms with van der Waals surface area (Å²) >= 11 is 0. The molecule has 1 saturated carbocycles. The minimum absolute atomic E-state index is 0.218. The lowest BCUT2D eigenvalue weighted by Crippen LogP contribution is -2.45. The number of amides is 1. The highest BCUT2D eigenvalue weighted by atomic mass is 16.5. The van der Waals surface area contributed by atoms with Crippen LogP contribution in [0.5, 0.6) is 5.75 Å². The molecule has 0 radical (unpaired) electrons. The second-order valence-electron chi connectivity index (χ2n) is 7.75. The van der Waals surface area contributed by atoms with E-state index in [2.05, 4.69) is 29.4 Å². The van der Waals surface area contributed by atoms with Crippen LogP contribution in [0.25, 0.3) is 0 Å². The van der Waals surface area contributed by atoms with E-state index in [-0.39, 0.29) is 5.91 Å². The third kappa shape index (κ3) is 4.97. The number of likely N-dealkylation sites (N-methyl/N-ethyl adjacent to an activating group) is 1. The van der Waals surface area contributed by atoms with Crippen molar-refractivity contribution in [3.05, 3.63) is 29.3 Å². The first-order valence-electron chi connectivity index (χ1n) is 9.78. The molecule has 0 bridgehead atoms. The molecular formula is C21H32N2O2. The number of methoxy groups -OCH3 is 1. The van der Waals surface area contributed by atoms with Gasteiger partial charge in [-0.2, -0.15) is 0 Å². The lowest BCUT2D eigenvalue weighted by atomic mass is 9.86. The van der Waals surface area contributed by atoms with Crippen molar-refractivity contribution < 1.29 is 9.53 Å². The number of benzene rings is 1. The van der Waals surface area contributed by atoms with Gasteiger partial charge in [0.25, 0.3) is 0 Å². The molecule has 1 aliphatic carbocycles. The smallest absolute Gasteiger partial charge is 0.220 e. The maximum Gasteiger partial charge on any atom is 0.220 e.